The molecule has 1 aromatic carbocycles. The third-order valence-corrected chi connectivity index (χ3v) is 6.45. The van der Waals surface area contributed by atoms with Crippen molar-refractivity contribution in [1.29, 1.82) is 0 Å². The maximum Gasteiger partial charge on any atom is 0.154 e. The largest absolute Gasteiger partial charge is 0.391 e. The summed E-state index contributed by atoms with van der Waals surface area (Å²) < 4.78 is 23.0. The van der Waals surface area contributed by atoms with E-state index in [1.807, 2.05) is 12.1 Å². The van der Waals surface area contributed by atoms with Gasteiger partial charge in [0.15, 0.2) is 9.84 Å². The summed E-state index contributed by atoms with van der Waals surface area (Å²) in [6.07, 6.45) is 0.340. The van der Waals surface area contributed by atoms with E-state index in [-0.39, 0.29) is 16.8 Å². The highest BCUT2D eigenvalue weighted by Gasteiger charge is 2.36. The lowest BCUT2D eigenvalue weighted by molar-refractivity contribution is 0.207. The Kier molecular flexibility index (Phi) is 5.49. The van der Waals surface area contributed by atoms with E-state index >= 15 is 0 Å². The quantitative estimate of drug-likeness (QED) is 0.778. The van der Waals surface area contributed by atoms with Crippen molar-refractivity contribution in [3.05, 3.63) is 29.8 Å². The van der Waals surface area contributed by atoms with Crippen LogP contribution in [0.5, 0.6) is 0 Å². The predicted molar refractivity (Wildman–Crippen MR) is 82.7 cm³/mol. The number of rotatable bonds is 6. The summed E-state index contributed by atoms with van der Waals surface area (Å²) in [5, 5.41) is 12.9. The van der Waals surface area contributed by atoms with Crippen molar-refractivity contribution in [2.45, 2.75) is 36.1 Å². The third kappa shape index (κ3) is 4.48. The first-order valence-electron chi connectivity index (χ1n) is 6.85. The monoisotopic (exact) mass is 315 g/mol. The molecule has 1 aliphatic rings. The molecule has 1 heterocycles. The average Bonchev–Trinajstić information content (AvgIpc) is 2.63. The van der Waals surface area contributed by atoms with Crippen LogP contribution in [0.25, 0.3) is 0 Å². The minimum absolute atomic E-state index is 0.0666. The van der Waals surface area contributed by atoms with Gasteiger partial charge in [-0.25, -0.2) is 8.42 Å². The highest BCUT2D eigenvalue weighted by molar-refractivity contribution is 8.02. The van der Waals surface area contributed by atoms with Crippen LogP contribution in [0.3, 0.4) is 0 Å². The lowest BCUT2D eigenvalue weighted by atomic mass is 10.2. The number of nitrogens with one attached hydrogen (secondary N) is 1. The number of aliphatic hydroxyl groups excluding tert-OH is 1. The molecule has 0 saturated carbocycles. The number of sulfone groups is 1. The van der Waals surface area contributed by atoms with E-state index in [1.54, 1.807) is 0 Å². The fourth-order valence-electron chi connectivity index (χ4n) is 2.22. The van der Waals surface area contributed by atoms with Gasteiger partial charge in [-0.2, -0.15) is 0 Å². The number of hydrogen-bond donors (Lipinski definition) is 2. The summed E-state index contributed by atoms with van der Waals surface area (Å²) in [5.74, 6) is -0.0421. The van der Waals surface area contributed by atoms with Crippen molar-refractivity contribution in [3.8, 4) is 0 Å². The Balaban J connectivity index is 1.98. The van der Waals surface area contributed by atoms with Crippen molar-refractivity contribution in [2.24, 2.45) is 0 Å². The topological polar surface area (TPSA) is 66.4 Å². The third-order valence-electron chi connectivity index (χ3n) is 3.21. The van der Waals surface area contributed by atoms with Gasteiger partial charge in [0.1, 0.15) is 0 Å². The molecule has 6 heteroatoms. The Labute approximate surface area is 124 Å². The molecule has 20 heavy (non-hydrogen) atoms. The van der Waals surface area contributed by atoms with E-state index in [0.717, 1.165) is 24.4 Å². The molecule has 112 valence electrons. The van der Waals surface area contributed by atoms with Gasteiger partial charge in [0.25, 0.3) is 0 Å². The number of thioether (sulfide) groups is 1. The molecule has 1 fully saturated rings. The summed E-state index contributed by atoms with van der Waals surface area (Å²) in [5.41, 5.74) is 1.18. The SMILES string of the molecule is CCCNCc1cccc(SC2CS(=O)(=O)CC2O)c1. The Morgan fingerprint density at radius 3 is 2.85 bits per heavy atom. The molecule has 0 amide bonds. The molecule has 0 aromatic heterocycles. The molecule has 2 unspecified atom stereocenters. The first-order chi connectivity index (χ1) is 9.50. The highest BCUT2D eigenvalue weighted by atomic mass is 32.2. The second kappa shape index (κ2) is 6.93. The van der Waals surface area contributed by atoms with E-state index in [9.17, 15) is 13.5 Å². The van der Waals surface area contributed by atoms with Crippen LogP contribution in [-0.2, 0) is 16.4 Å². The Hall–Kier alpha value is -0.560. The van der Waals surface area contributed by atoms with E-state index in [0.29, 0.717) is 0 Å². The molecule has 1 saturated heterocycles. The van der Waals surface area contributed by atoms with E-state index < -0.39 is 15.9 Å². The van der Waals surface area contributed by atoms with Gasteiger partial charge in [-0.3, -0.25) is 0 Å². The normalized spacial score (nSPS) is 24.9. The summed E-state index contributed by atoms with van der Waals surface area (Å²) in [6, 6.07) is 8.05. The second-order valence-electron chi connectivity index (χ2n) is 5.12. The summed E-state index contributed by atoms with van der Waals surface area (Å²) >= 11 is 1.46. The Bertz CT molecular complexity index is 545. The molecule has 1 aromatic rings. The molecule has 0 radical (unpaired) electrons. The van der Waals surface area contributed by atoms with Crippen LogP contribution in [0.1, 0.15) is 18.9 Å². The van der Waals surface area contributed by atoms with Gasteiger partial charge >= 0.3 is 0 Å². The zero-order valence-corrected chi connectivity index (χ0v) is 13.2. The summed E-state index contributed by atoms with van der Waals surface area (Å²) in [7, 11) is -3.08. The molecule has 0 spiro atoms. The van der Waals surface area contributed by atoms with E-state index in [2.05, 4.69) is 24.4 Å². The van der Waals surface area contributed by atoms with Crippen LogP contribution in [0, 0.1) is 0 Å². The van der Waals surface area contributed by atoms with Gasteiger partial charge in [-0.05, 0) is 30.7 Å². The van der Waals surface area contributed by atoms with Crippen molar-refractivity contribution >= 4 is 21.6 Å². The van der Waals surface area contributed by atoms with Gasteiger partial charge in [0.05, 0.1) is 22.9 Å². The smallest absolute Gasteiger partial charge is 0.154 e. The summed E-state index contributed by atoms with van der Waals surface area (Å²) in [6.45, 7) is 3.92. The lowest BCUT2D eigenvalue weighted by Crippen LogP contribution is -2.19. The lowest BCUT2D eigenvalue weighted by Gasteiger charge is -2.13. The summed E-state index contributed by atoms with van der Waals surface area (Å²) in [4.78, 5) is 1.02. The van der Waals surface area contributed by atoms with Crippen molar-refractivity contribution < 1.29 is 13.5 Å². The molecule has 2 N–H and O–H groups in total. The van der Waals surface area contributed by atoms with Crippen molar-refractivity contribution in [1.82, 2.24) is 5.32 Å². The first kappa shape index (κ1) is 15.8. The van der Waals surface area contributed by atoms with Gasteiger partial charge in [0.2, 0.25) is 0 Å². The number of benzene rings is 1. The molecule has 2 rings (SSSR count). The molecule has 0 aliphatic carbocycles. The van der Waals surface area contributed by atoms with E-state index in [1.165, 1.54) is 17.3 Å². The van der Waals surface area contributed by atoms with Crippen molar-refractivity contribution in [3.63, 3.8) is 0 Å². The molecule has 1 aliphatic heterocycles. The number of hydrogen-bond acceptors (Lipinski definition) is 5. The van der Waals surface area contributed by atoms with Crippen LogP contribution in [0.15, 0.2) is 29.2 Å². The fraction of sp³-hybridized carbons (Fsp3) is 0.571. The fourth-order valence-corrected chi connectivity index (χ4v) is 5.83. The van der Waals surface area contributed by atoms with Crippen LogP contribution >= 0.6 is 11.8 Å². The van der Waals surface area contributed by atoms with Gasteiger partial charge in [-0.1, -0.05) is 19.1 Å². The maximum absolute atomic E-state index is 11.5. The zero-order chi connectivity index (χ0) is 14.6. The molecule has 2 atom stereocenters. The first-order valence-corrected chi connectivity index (χ1v) is 9.55. The average molecular weight is 315 g/mol. The Morgan fingerprint density at radius 2 is 2.20 bits per heavy atom. The highest BCUT2D eigenvalue weighted by Crippen LogP contribution is 2.31. The van der Waals surface area contributed by atoms with Gasteiger partial charge in [0, 0.05) is 11.4 Å². The molecule has 0 bridgehead atoms. The van der Waals surface area contributed by atoms with Gasteiger partial charge in [-0.15, -0.1) is 11.8 Å². The molecular formula is C14H21NO3S2. The molecular weight excluding hydrogens is 294 g/mol. The van der Waals surface area contributed by atoms with Crippen LogP contribution in [0.2, 0.25) is 0 Å². The van der Waals surface area contributed by atoms with Crippen LogP contribution < -0.4 is 5.32 Å². The standard InChI is InChI=1S/C14H21NO3S2/c1-2-6-15-8-11-4-3-5-12(7-11)19-14-10-20(17,18)9-13(14)16/h3-5,7,13-16H,2,6,8-10H2,1H3. The minimum atomic E-state index is -3.08. The minimum Gasteiger partial charge on any atom is -0.391 e. The zero-order valence-electron chi connectivity index (χ0n) is 11.6. The van der Waals surface area contributed by atoms with E-state index in [4.69, 9.17) is 0 Å². The second-order valence-corrected chi connectivity index (χ2v) is 8.59. The van der Waals surface area contributed by atoms with Crippen molar-refractivity contribution in [2.75, 3.05) is 18.1 Å². The predicted octanol–water partition coefficient (Wildman–Crippen LogP) is 1.44. The van der Waals surface area contributed by atoms with Crippen LogP contribution in [0.4, 0.5) is 0 Å². The number of aliphatic hydroxyl groups is 1. The van der Waals surface area contributed by atoms with Gasteiger partial charge < -0.3 is 10.4 Å². The maximum atomic E-state index is 11.5. The Morgan fingerprint density at radius 1 is 1.40 bits per heavy atom. The van der Waals surface area contributed by atoms with Crippen LogP contribution in [-0.4, -0.2) is 42.9 Å². The molecule has 4 nitrogen and oxygen atoms in total.